The zero-order chi connectivity index (χ0) is 28.6. The minimum Gasteiger partial charge on any atom is -0.493 e. The number of ether oxygens (including phenoxy) is 3. The highest BCUT2D eigenvalue weighted by atomic mass is 19.4. The van der Waals surface area contributed by atoms with Crippen molar-refractivity contribution in [2.45, 2.75) is 25.1 Å². The molecule has 40 heavy (non-hydrogen) atoms. The molecule has 11 nitrogen and oxygen atoms in total. The fourth-order valence-corrected chi connectivity index (χ4v) is 4.69. The van der Waals surface area contributed by atoms with Gasteiger partial charge in [-0.25, -0.2) is 9.97 Å². The molecule has 0 aliphatic carbocycles. The van der Waals surface area contributed by atoms with Crippen LogP contribution in [0.4, 0.5) is 30.8 Å². The normalized spacial score (nSPS) is 15.3. The third-order valence-corrected chi connectivity index (χ3v) is 6.63. The number of anilines is 3. The van der Waals surface area contributed by atoms with Gasteiger partial charge in [-0.3, -0.25) is 4.79 Å². The van der Waals surface area contributed by atoms with Crippen molar-refractivity contribution in [3.8, 4) is 22.9 Å². The Hall–Kier alpha value is -4.75. The molecule has 0 bridgehead atoms. The summed E-state index contributed by atoms with van der Waals surface area (Å²) in [6.07, 6.45) is -0.185. The van der Waals surface area contributed by atoms with E-state index >= 15 is 0 Å². The van der Waals surface area contributed by atoms with Crippen LogP contribution >= 0.6 is 0 Å². The van der Waals surface area contributed by atoms with Gasteiger partial charge in [0.15, 0.2) is 11.5 Å². The van der Waals surface area contributed by atoms with E-state index in [4.69, 9.17) is 19.9 Å². The number of halogens is 3. The highest BCUT2D eigenvalue weighted by Crippen LogP contribution is 2.40. The van der Waals surface area contributed by atoms with Crippen LogP contribution in [0.5, 0.6) is 17.2 Å². The molecular formula is C26H26F3N7O4. The van der Waals surface area contributed by atoms with Gasteiger partial charge in [0.25, 0.3) is 0 Å². The molecule has 4 aromatic rings. The van der Waals surface area contributed by atoms with Crippen LogP contribution in [-0.2, 0) is 11.0 Å². The first kappa shape index (κ1) is 26.8. The van der Waals surface area contributed by atoms with Crippen molar-refractivity contribution < 1.29 is 32.2 Å². The van der Waals surface area contributed by atoms with Crippen molar-refractivity contribution in [3.63, 3.8) is 0 Å². The zero-order valence-electron chi connectivity index (χ0n) is 21.8. The van der Waals surface area contributed by atoms with Crippen LogP contribution in [0.25, 0.3) is 16.6 Å². The summed E-state index contributed by atoms with van der Waals surface area (Å²) < 4.78 is 58.4. The number of hydrogen-bond donors (Lipinski definition) is 2. The third kappa shape index (κ3) is 4.99. The summed E-state index contributed by atoms with van der Waals surface area (Å²) in [5.74, 6) is 1.44. The van der Waals surface area contributed by atoms with Crippen molar-refractivity contribution in [1.82, 2.24) is 19.5 Å². The fourth-order valence-electron chi connectivity index (χ4n) is 4.69. The Labute approximate surface area is 226 Å². The van der Waals surface area contributed by atoms with Crippen LogP contribution in [0.3, 0.4) is 0 Å². The number of aromatic nitrogens is 4. The molecule has 2 aromatic carbocycles. The van der Waals surface area contributed by atoms with Crippen molar-refractivity contribution in [3.05, 3.63) is 48.4 Å². The highest BCUT2D eigenvalue weighted by molar-refractivity contribution is 5.92. The summed E-state index contributed by atoms with van der Waals surface area (Å²) in [6.45, 7) is 0.438. The van der Waals surface area contributed by atoms with E-state index in [9.17, 15) is 18.0 Å². The molecule has 1 amide bonds. The number of imidazole rings is 1. The standard InChI is InChI=1S/C26H26F3N7O4/c1-38-19-10-15(11-20(39-2)22(19)40-3)35-12-21(31-13-35)33-24-16-7-6-14(26(27,28)29)9-17(16)32-25(34-24)36-8-4-5-18(36)23(30)37/h6-7,9-13,18H,4-5,8H2,1-3H3,(H2,30,37)(H,32,33,34)/t18-/m0/s1. The molecule has 1 atom stereocenters. The SMILES string of the molecule is COc1cc(-n2cnc(Nc3nc(N4CCC[C@H]4C(N)=O)nc4cc(C(F)(F)F)ccc34)c2)cc(OC)c1OC. The lowest BCUT2D eigenvalue weighted by atomic mass is 10.1. The van der Waals surface area contributed by atoms with Gasteiger partial charge in [0, 0.05) is 24.1 Å². The number of nitrogens with one attached hydrogen (secondary N) is 1. The van der Waals surface area contributed by atoms with Crippen molar-refractivity contribution in [2.24, 2.45) is 5.73 Å². The lowest BCUT2D eigenvalue weighted by molar-refractivity contribution is -0.137. The number of carbonyl (C=O) groups excluding carboxylic acids is 1. The Bertz CT molecular complexity index is 1550. The summed E-state index contributed by atoms with van der Waals surface area (Å²) in [7, 11) is 4.52. The molecule has 1 fully saturated rings. The number of amides is 1. The lowest BCUT2D eigenvalue weighted by Gasteiger charge is -2.23. The van der Waals surface area contributed by atoms with Crippen molar-refractivity contribution in [2.75, 3.05) is 38.1 Å². The van der Waals surface area contributed by atoms with Crippen LogP contribution in [0.2, 0.25) is 0 Å². The summed E-state index contributed by atoms with van der Waals surface area (Å²) in [5.41, 5.74) is 5.42. The van der Waals surface area contributed by atoms with Gasteiger partial charge in [0.05, 0.1) is 44.3 Å². The quantitative estimate of drug-likeness (QED) is 0.329. The van der Waals surface area contributed by atoms with E-state index in [-0.39, 0.29) is 17.3 Å². The number of rotatable bonds is 8. The number of methoxy groups -OCH3 is 3. The summed E-state index contributed by atoms with van der Waals surface area (Å²) in [4.78, 5) is 26.9. The summed E-state index contributed by atoms with van der Waals surface area (Å²) >= 11 is 0. The maximum Gasteiger partial charge on any atom is 0.416 e. The minimum atomic E-state index is -4.56. The van der Waals surface area contributed by atoms with Crippen LogP contribution in [0, 0.1) is 0 Å². The molecule has 14 heteroatoms. The molecule has 0 spiro atoms. The fraction of sp³-hybridized carbons (Fsp3) is 0.308. The number of fused-ring (bicyclic) bond motifs is 1. The average molecular weight is 558 g/mol. The van der Waals surface area contributed by atoms with Gasteiger partial charge in [0.1, 0.15) is 24.0 Å². The predicted octanol–water partition coefficient (Wildman–Crippen LogP) is 4.06. The Morgan fingerprint density at radius 1 is 1.07 bits per heavy atom. The Morgan fingerprint density at radius 2 is 1.80 bits per heavy atom. The molecular weight excluding hydrogens is 531 g/mol. The molecule has 0 unspecified atom stereocenters. The lowest BCUT2D eigenvalue weighted by Crippen LogP contribution is -2.41. The Morgan fingerprint density at radius 3 is 2.42 bits per heavy atom. The van der Waals surface area contributed by atoms with Crippen LogP contribution < -0.4 is 30.2 Å². The highest BCUT2D eigenvalue weighted by Gasteiger charge is 2.33. The van der Waals surface area contributed by atoms with E-state index < -0.39 is 23.7 Å². The largest absolute Gasteiger partial charge is 0.493 e. The van der Waals surface area contributed by atoms with Gasteiger partial charge in [-0.05, 0) is 31.0 Å². The second-order valence-electron chi connectivity index (χ2n) is 9.03. The van der Waals surface area contributed by atoms with Crippen molar-refractivity contribution in [1.29, 1.82) is 0 Å². The maximum atomic E-state index is 13.5. The topological polar surface area (TPSA) is 130 Å². The van der Waals surface area contributed by atoms with Crippen LogP contribution in [0.15, 0.2) is 42.9 Å². The molecule has 1 saturated heterocycles. The van der Waals surface area contributed by atoms with Crippen LogP contribution in [-0.4, -0.2) is 59.3 Å². The molecule has 0 saturated carbocycles. The summed E-state index contributed by atoms with van der Waals surface area (Å²) in [5, 5.41) is 3.43. The van der Waals surface area contributed by atoms with Gasteiger partial charge in [-0.1, -0.05) is 0 Å². The van der Waals surface area contributed by atoms with E-state index in [0.717, 1.165) is 12.1 Å². The number of benzene rings is 2. The maximum absolute atomic E-state index is 13.5. The Balaban J connectivity index is 1.56. The van der Waals surface area contributed by atoms with E-state index in [1.54, 1.807) is 34.1 Å². The predicted molar refractivity (Wildman–Crippen MR) is 141 cm³/mol. The first-order valence-corrected chi connectivity index (χ1v) is 12.2. The first-order valence-electron chi connectivity index (χ1n) is 12.2. The number of primary amides is 1. The monoisotopic (exact) mass is 557 g/mol. The summed E-state index contributed by atoms with van der Waals surface area (Å²) in [6, 6.07) is 6.04. The van der Waals surface area contributed by atoms with Gasteiger partial charge < -0.3 is 34.7 Å². The molecule has 3 heterocycles. The Kier molecular flexibility index (Phi) is 7.00. The van der Waals surface area contributed by atoms with Gasteiger partial charge in [-0.2, -0.15) is 18.2 Å². The number of hydrogen-bond acceptors (Lipinski definition) is 9. The molecule has 1 aliphatic heterocycles. The van der Waals surface area contributed by atoms with E-state index in [2.05, 4.69) is 20.3 Å². The number of nitrogens with two attached hydrogens (primary N) is 1. The van der Waals surface area contributed by atoms with Gasteiger partial charge >= 0.3 is 6.18 Å². The van der Waals surface area contributed by atoms with E-state index in [1.807, 2.05) is 0 Å². The van der Waals surface area contributed by atoms with E-state index in [0.29, 0.717) is 53.5 Å². The molecule has 2 aromatic heterocycles. The molecule has 3 N–H and O–H groups in total. The van der Waals surface area contributed by atoms with Gasteiger partial charge in [0.2, 0.25) is 17.6 Å². The minimum absolute atomic E-state index is 0.0569. The zero-order valence-corrected chi connectivity index (χ0v) is 21.8. The molecule has 5 rings (SSSR count). The second-order valence-corrected chi connectivity index (χ2v) is 9.03. The third-order valence-electron chi connectivity index (χ3n) is 6.63. The van der Waals surface area contributed by atoms with Crippen molar-refractivity contribution >= 4 is 34.4 Å². The molecule has 0 radical (unpaired) electrons. The smallest absolute Gasteiger partial charge is 0.416 e. The van der Waals surface area contributed by atoms with E-state index in [1.165, 1.54) is 27.4 Å². The first-order chi connectivity index (χ1) is 19.1. The molecule has 1 aliphatic rings. The average Bonchev–Trinajstić information content (AvgIpc) is 3.61. The number of alkyl halides is 3. The number of nitrogens with zero attached hydrogens (tertiary/aromatic N) is 5. The van der Waals surface area contributed by atoms with Crippen LogP contribution in [0.1, 0.15) is 18.4 Å². The number of carbonyl (C=O) groups is 1. The second kappa shape index (κ2) is 10.4. The molecule has 210 valence electrons. The van der Waals surface area contributed by atoms with Gasteiger partial charge in [-0.15, -0.1) is 0 Å².